The number of carbonyl (C=O) groups excluding carboxylic acids is 1. The standard InChI is InChI=1S/C22H20N2O/c1-24-19-15-9-8-14-18(19)20(22(24)25)21(16-10-4-2-5-11-16)23-17-12-6-3-7-13-17/h2-15,20-21,23H,1H3. The number of nitrogens with zero attached hydrogens (tertiary/aromatic N) is 1. The Morgan fingerprint density at radius 3 is 2.16 bits per heavy atom. The summed E-state index contributed by atoms with van der Waals surface area (Å²) < 4.78 is 0. The monoisotopic (exact) mass is 328 g/mol. The number of para-hydroxylation sites is 2. The highest BCUT2D eigenvalue weighted by Gasteiger charge is 2.40. The molecule has 1 aliphatic rings. The van der Waals surface area contributed by atoms with Crippen LogP contribution in [-0.4, -0.2) is 13.0 Å². The first-order valence-corrected chi connectivity index (χ1v) is 8.49. The third-order valence-electron chi connectivity index (χ3n) is 4.82. The highest BCUT2D eigenvalue weighted by Crippen LogP contribution is 2.44. The van der Waals surface area contributed by atoms with E-state index in [9.17, 15) is 4.79 Å². The molecule has 3 nitrogen and oxygen atoms in total. The maximum atomic E-state index is 13.1. The van der Waals surface area contributed by atoms with Gasteiger partial charge in [-0.1, -0.05) is 66.7 Å². The van der Waals surface area contributed by atoms with E-state index in [2.05, 4.69) is 23.5 Å². The Morgan fingerprint density at radius 1 is 0.840 bits per heavy atom. The minimum Gasteiger partial charge on any atom is -0.377 e. The molecule has 1 aliphatic heterocycles. The van der Waals surface area contributed by atoms with E-state index in [1.54, 1.807) is 4.90 Å². The maximum absolute atomic E-state index is 13.1. The molecule has 25 heavy (non-hydrogen) atoms. The minimum absolute atomic E-state index is 0.123. The zero-order valence-corrected chi connectivity index (χ0v) is 14.1. The van der Waals surface area contributed by atoms with Crippen molar-refractivity contribution >= 4 is 17.3 Å². The molecule has 0 spiro atoms. The van der Waals surface area contributed by atoms with Crippen LogP contribution in [0.2, 0.25) is 0 Å². The van der Waals surface area contributed by atoms with Gasteiger partial charge in [-0.15, -0.1) is 0 Å². The maximum Gasteiger partial charge on any atom is 0.236 e. The summed E-state index contributed by atoms with van der Waals surface area (Å²) in [4.78, 5) is 14.8. The number of benzene rings is 3. The van der Waals surface area contributed by atoms with E-state index < -0.39 is 0 Å². The van der Waals surface area contributed by atoms with E-state index >= 15 is 0 Å². The van der Waals surface area contributed by atoms with Crippen LogP contribution >= 0.6 is 0 Å². The number of anilines is 2. The second-order valence-corrected chi connectivity index (χ2v) is 6.33. The minimum atomic E-state index is -0.246. The predicted molar refractivity (Wildman–Crippen MR) is 102 cm³/mol. The number of rotatable bonds is 4. The van der Waals surface area contributed by atoms with Crippen LogP contribution in [0.4, 0.5) is 11.4 Å². The number of likely N-dealkylation sites (N-methyl/N-ethyl adjacent to an activating group) is 1. The van der Waals surface area contributed by atoms with Gasteiger partial charge < -0.3 is 10.2 Å². The molecule has 124 valence electrons. The smallest absolute Gasteiger partial charge is 0.236 e. The molecule has 0 saturated heterocycles. The fourth-order valence-corrected chi connectivity index (χ4v) is 3.57. The molecular weight excluding hydrogens is 308 g/mol. The van der Waals surface area contributed by atoms with Crippen molar-refractivity contribution in [3.63, 3.8) is 0 Å². The van der Waals surface area contributed by atoms with Crippen molar-refractivity contribution in [1.29, 1.82) is 0 Å². The van der Waals surface area contributed by atoms with Crippen molar-refractivity contribution in [2.45, 2.75) is 12.0 Å². The lowest BCUT2D eigenvalue weighted by Crippen LogP contribution is -2.30. The van der Waals surface area contributed by atoms with E-state index in [0.29, 0.717) is 0 Å². The molecular formula is C22H20N2O. The number of carbonyl (C=O) groups is 1. The molecule has 1 heterocycles. The lowest BCUT2D eigenvalue weighted by molar-refractivity contribution is -0.119. The van der Waals surface area contributed by atoms with E-state index in [-0.39, 0.29) is 17.9 Å². The van der Waals surface area contributed by atoms with Gasteiger partial charge >= 0.3 is 0 Å². The van der Waals surface area contributed by atoms with Crippen molar-refractivity contribution in [2.75, 3.05) is 17.3 Å². The molecule has 0 bridgehead atoms. The third-order valence-corrected chi connectivity index (χ3v) is 4.82. The average Bonchev–Trinajstić information content (AvgIpc) is 2.93. The molecule has 1 N–H and O–H groups in total. The second kappa shape index (κ2) is 6.44. The molecule has 2 unspecified atom stereocenters. The SMILES string of the molecule is CN1C(=O)C(C(Nc2ccccc2)c2ccccc2)c2ccccc21. The normalized spacial score (nSPS) is 17.2. The Balaban J connectivity index is 1.80. The molecule has 0 fully saturated rings. The number of hydrogen-bond acceptors (Lipinski definition) is 2. The predicted octanol–water partition coefficient (Wildman–Crippen LogP) is 4.60. The Labute approximate surface area is 147 Å². The molecule has 4 rings (SSSR count). The Kier molecular flexibility index (Phi) is 3.98. The highest BCUT2D eigenvalue weighted by molar-refractivity contribution is 6.05. The van der Waals surface area contributed by atoms with Crippen molar-refractivity contribution in [2.24, 2.45) is 0 Å². The first-order chi connectivity index (χ1) is 12.3. The Hall–Kier alpha value is -3.07. The molecule has 0 saturated carbocycles. The Bertz CT molecular complexity index is 877. The number of nitrogens with one attached hydrogen (secondary N) is 1. The molecule has 0 aliphatic carbocycles. The molecule has 1 amide bonds. The third kappa shape index (κ3) is 2.78. The van der Waals surface area contributed by atoms with Crippen LogP contribution in [0.25, 0.3) is 0 Å². The fourth-order valence-electron chi connectivity index (χ4n) is 3.57. The van der Waals surface area contributed by atoms with Crippen LogP contribution in [-0.2, 0) is 4.79 Å². The zero-order valence-electron chi connectivity index (χ0n) is 14.1. The van der Waals surface area contributed by atoms with Crippen LogP contribution in [0.3, 0.4) is 0 Å². The van der Waals surface area contributed by atoms with E-state index in [1.807, 2.05) is 73.8 Å². The van der Waals surface area contributed by atoms with E-state index in [1.165, 1.54) is 0 Å². The van der Waals surface area contributed by atoms with Gasteiger partial charge in [0, 0.05) is 18.4 Å². The zero-order chi connectivity index (χ0) is 17.2. The molecule has 3 heteroatoms. The fraction of sp³-hybridized carbons (Fsp3) is 0.136. The quantitative estimate of drug-likeness (QED) is 0.759. The van der Waals surface area contributed by atoms with Crippen LogP contribution in [0.1, 0.15) is 23.1 Å². The molecule has 0 radical (unpaired) electrons. The van der Waals surface area contributed by atoms with Gasteiger partial charge in [-0.25, -0.2) is 0 Å². The summed E-state index contributed by atoms with van der Waals surface area (Å²) in [6.07, 6.45) is 0. The summed E-state index contributed by atoms with van der Waals surface area (Å²) in [5, 5.41) is 3.58. The number of fused-ring (bicyclic) bond motifs is 1. The summed E-state index contributed by atoms with van der Waals surface area (Å²) in [5.74, 6) is -0.123. The van der Waals surface area contributed by atoms with Crippen LogP contribution in [0, 0.1) is 0 Å². The van der Waals surface area contributed by atoms with Crippen molar-refractivity contribution in [3.05, 3.63) is 96.1 Å². The molecule has 2 atom stereocenters. The van der Waals surface area contributed by atoms with Gasteiger partial charge in [0.25, 0.3) is 0 Å². The summed E-state index contributed by atoms with van der Waals surface area (Å²) in [7, 11) is 1.85. The average molecular weight is 328 g/mol. The first-order valence-electron chi connectivity index (χ1n) is 8.49. The van der Waals surface area contributed by atoms with Gasteiger partial charge in [-0.3, -0.25) is 4.79 Å². The lowest BCUT2D eigenvalue weighted by atomic mass is 9.87. The molecule has 3 aromatic carbocycles. The summed E-state index contributed by atoms with van der Waals surface area (Å²) in [6.45, 7) is 0. The summed E-state index contributed by atoms with van der Waals surface area (Å²) in [5.41, 5.74) is 4.19. The number of amides is 1. The van der Waals surface area contributed by atoms with E-state index in [0.717, 1.165) is 22.5 Å². The lowest BCUT2D eigenvalue weighted by Gasteiger charge is -2.26. The number of hydrogen-bond donors (Lipinski definition) is 1. The van der Waals surface area contributed by atoms with Crippen LogP contribution < -0.4 is 10.2 Å². The second-order valence-electron chi connectivity index (χ2n) is 6.33. The summed E-state index contributed by atoms with van der Waals surface area (Å²) >= 11 is 0. The largest absolute Gasteiger partial charge is 0.377 e. The van der Waals surface area contributed by atoms with Crippen LogP contribution in [0.15, 0.2) is 84.9 Å². The summed E-state index contributed by atoms with van der Waals surface area (Å²) in [6, 6.07) is 28.2. The van der Waals surface area contributed by atoms with Gasteiger partial charge in [0.05, 0.1) is 12.0 Å². The van der Waals surface area contributed by atoms with Crippen molar-refractivity contribution in [3.8, 4) is 0 Å². The van der Waals surface area contributed by atoms with Gasteiger partial charge in [0.1, 0.15) is 0 Å². The van der Waals surface area contributed by atoms with Gasteiger partial charge in [0.2, 0.25) is 5.91 Å². The van der Waals surface area contributed by atoms with Crippen LogP contribution in [0.5, 0.6) is 0 Å². The van der Waals surface area contributed by atoms with Gasteiger partial charge in [0.15, 0.2) is 0 Å². The Morgan fingerprint density at radius 2 is 1.44 bits per heavy atom. The highest BCUT2D eigenvalue weighted by atomic mass is 16.2. The van der Waals surface area contributed by atoms with Gasteiger partial charge in [-0.05, 0) is 29.3 Å². The first kappa shape index (κ1) is 15.5. The van der Waals surface area contributed by atoms with Crippen molar-refractivity contribution in [1.82, 2.24) is 0 Å². The topological polar surface area (TPSA) is 32.3 Å². The molecule has 0 aromatic heterocycles. The molecule has 3 aromatic rings. The van der Waals surface area contributed by atoms with Gasteiger partial charge in [-0.2, -0.15) is 0 Å². The van der Waals surface area contributed by atoms with E-state index in [4.69, 9.17) is 0 Å². The van der Waals surface area contributed by atoms with Crippen molar-refractivity contribution < 1.29 is 4.79 Å².